The van der Waals surface area contributed by atoms with Crippen LogP contribution in [0.25, 0.3) is 5.69 Å². The monoisotopic (exact) mass is 229 g/mol. The molecule has 86 valence electrons. The van der Waals surface area contributed by atoms with Crippen molar-refractivity contribution in [1.82, 2.24) is 14.8 Å². The minimum atomic E-state index is -0.967. The summed E-state index contributed by atoms with van der Waals surface area (Å²) in [6, 6.07) is 3.42. The summed E-state index contributed by atoms with van der Waals surface area (Å²) in [7, 11) is 0. The van der Waals surface area contributed by atoms with Gasteiger partial charge in [0.05, 0.1) is 23.1 Å². The third-order valence-corrected chi connectivity index (χ3v) is 2.88. The van der Waals surface area contributed by atoms with E-state index in [4.69, 9.17) is 5.11 Å². The molecule has 2 aromatic heterocycles. The zero-order valence-corrected chi connectivity index (χ0v) is 9.08. The minimum Gasteiger partial charge on any atom is -0.478 e. The smallest absolute Gasteiger partial charge is 0.338 e. The molecular weight excluding hydrogens is 218 g/mol. The Morgan fingerprint density at radius 1 is 1.41 bits per heavy atom. The van der Waals surface area contributed by atoms with Crippen molar-refractivity contribution < 1.29 is 9.90 Å². The van der Waals surface area contributed by atoms with E-state index < -0.39 is 5.97 Å². The Kier molecular flexibility index (Phi) is 2.18. The van der Waals surface area contributed by atoms with E-state index in [1.54, 1.807) is 10.9 Å². The molecule has 3 rings (SSSR count). The van der Waals surface area contributed by atoms with Crippen LogP contribution in [0.1, 0.15) is 34.8 Å². The molecule has 0 radical (unpaired) electrons. The van der Waals surface area contributed by atoms with E-state index in [0.29, 0.717) is 11.6 Å². The Morgan fingerprint density at radius 3 is 2.94 bits per heavy atom. The number of carboxylic acid groups (broad SMARTS) is 1. The van der Waals surface area contributed by atoms with Crippen LogP contribution in [0.3, 0.4) is 0 Å². The van der Waals surface area contributed by atoms with Crippen LogP contribution in [0.2, 0.25) is 0 Å². The van der Waals surface area contributed by atoms with Crippen molar-refractivity contribution >= 4 is 5.97 Å². The van der Waals surface area contributed by atoms with Crippen molar-refractivity contribution in [1.29, 1.82) is 0 Å². The molecule has 5 heteroatoms. The molecule has 2 aromatic rings. The number of nitrogens with zero attached hydrogens (tertiary/aromatic N) is 3. The van der Waals surface area contributed by atoms with Gasteiger partial charge in [-0.05, 0) is 25.0 Å². The fourth-order valence-corrected chi connectivity index (χ4v) is 1.82. The van der Waals surface area contributed by atoms with E-state index in [2.05, 4.69) is 10.1 Å². The molecule has 0 unspecified atom stereocenters. The summed E-state index contributed by atoms with van der Waals surface area (Å²) in [6.07, 6.45) is 7.13. The maximum Gasteiger partial charge on any atom is 0.338 e. The van der Waals surface area contributed by atoms with Crippen molar-refractivity contribution in [3.05, 3.63) is 42.0 Å². The molecule has 2 heterocycles. The summed E-state index contributed by atoms with van der Waals surface area (Å²) < 4.78 is 1.59. The second kappa shape index (κ2) is 3.69. The average Bonchev–Trinajstić information content (AvgIpc) is 3.07. The fraction of sp³-hybridized carbons (Fsp3) is 0.250. The SMILES string of the molecule is O=C(O)c1ccncc1-n1ccc(C2CC2)n1. The molecule has 1 saturated carbocycles. The predicted molar refractivity (Wildman–Crippen MR) is 60.3 cm³/mol. The van der Waals surface area contributed by atoms with Crippen molar-refractivity contribution in [2.45, 2.75) is 18.8 Å². The molecule has 1 aliphatic rings. The molecule has 0 bridgehead atoms. The molecule has 17 heavy (non-hydrogen) atoms. The molecule has 0 atom stereocenters. The minimum absolute atomic E-state index is 0.213. The van der Waals surface area contributed by atoms with E-state index in [1.807, 2.05) is 6.07 Å². The van der Waals surface area contributed by atoms with Crippen LogP contribution >= 0.6 is 0 Å². The quantitative estimate of drug-likeness (QED) is 0.872. The van der Waals surface area contributed by atoms with Gasteiger partial charge < -0.3 is 5.11 Å². The number of aromatic nitrogens is 3. The number of carbonyl (C=O) groups is 1. The third-order valence-electron chi connectivity index (χ3n) is 2.88. The van der Waals surface area contributed by atoms with Crippen molar-refractivity contribution in [3.8, 4) is 5.69 Å². The highest BCUT2D eigenvalue weighted by Crippen LogP contribution is 2.39. The van der Waals surface area contributed by atoms with Crippen LogP contribution in [-0.4, -0.2) is 25.8 Å². The van der Waals surface area contributed by atoms with E-state index in [-0.39, 0.29) is 5.56 Å². The lowest BCUT2D eigenvalue weighted by Crippen LogP contribution is -2.06. The molecule has 1 N–H and O–H groups in total. The Balaban J connectivity index is 2.04. The predicted octanol–water partition coefficient (Wildman–Crippen LogP) is 1.84. The van der Waals surface area contributed by atoms with Crippen LogP contribution in [0.4, 0.5) is 0 Å². The number of rotatable bonds is 3. The first kappa shape index (κ1) is 10.0. The molecular formula is C12H11N3O2. The molecule has 0 amide bonds. The van der Waals surface area contributed by atoms with Gasteiger partial charge in [0.25, 0.3) is 0 Å². The summed E-state index contributed by atoms with van der Waals surface area (Å²) in [6.45, 7) is 0. The topological polar surface area (TPSA) is 68.0 Å². The maximum absolute atomic E-state index is 11.1. The van der Waals surface area contributed by atoms with Crippen LogP contribution in [0, 0.1) is 0 Å². The number of hydrogen-bond donors (Lipinski definition) is 1. The summed E-state index contributed by atoms with van der Waals surface area (Å²) in [5.74, 6) is -0.410. The third kappa shape index (κ3) is 1.80. The van der Waals surface area contributed by atoms with Gasteiger partial charge in [0.1, 0.15) is 0 Å². The lowest BCUT2D eigenvalue weighted by molar-refractivity contribution is 0.0696. The average molecular weight is 229 g/mol. The summed E-state index contributed by atoms with van der Waals surface area (Å²) in [4.78, 5) is 15.0. The molecule has 0 aliphatic heterocycles. The molecule has 1 fully saturated rings. The zero-order chi connectivity index (χ0) is 11.8. The maximum atomic E-state index is 11.1. The molecule has 0 aromatic carbocycles. The molecule has 0 saturated heterocycles. The van der Waals surface area contributed by atoms with Crippen molar-refractivity contribution in [2.75, 3.05) is 0 Å². The number of carboxylic acids is 1. The molecule has 1 aliphatic carbocycles. The first-order chi connectivity index (χ1) is 8.25. The van der Waals surface area contributed by atoms with Gasteiger partial charge in [-0.2, -0.15) is 5.10 Å². The summed E-state index contributed by atoms with van der Waals surface area (Å²) in [5.41, 5.74) is 1.75. The van der Waals surface area contributed by atoms with E-state index >= 15 is 0 Å². The van der Waals surface area contributed by atoms with Crippen LogP contribution in [0.15, 0.2) is 30.7 Å². The van der Waals surface area contributed by atoms with Gasteiger partial charge in [0, 0.05) is 18.3 Å². The van der Waals surface area contributed by atoms with Crippen LogP contribution in [-0.2, 0) is 0 Å². The second-order valence-corrected chi connectivity index (χ2v) is 4.16. The van der Waals surface area contributed by atoms with Crippen LogP contribution < -0.4 is 0 Å². The van der Waals surface area contributed by atoms with Gasteiger partial charge in [-0.25, -0.2) is 9.48 Å². The van der Waals surface area contributed by atoms with Crippen molar-refractivity contribution in [2.24, 2.45) is 0 Å². The van der Waals surface area contributed by atoms with Gasteiger partial charge in [-0.15, -0.1) is 0 Å². The first-order valence-electron chi connectivity index (χ1n) is 5.49. The van der Waals surface area contributed by atoms with E-state index in [1.165, 1.54) is 31.3 Å². The largest absolute Gasteiger partial charge is 0.478 e. The lowest BCUT2D eigenvalue weighted by Gasteiger charge is -2.04. The van der Waals surface area contributed by atoms with Gasteiger partial charge >= 0.3 is 5.97 Å². The highest BCUT2D eigenvalue weighted by atomic mass is 16.4. The fourth-order valence-electron chi connectivity index (χ4n) is 1.82. The molecule has 0 spiro atoms. The van der Waals surface area contributed by atoms with Gasteiger partial charge in [-0.3, -0.25) is 4.98 Å². The lowest BCUT2D eigenvalue weighted by atomic mass is 10.2. The highest BCUT2D eigenvalue weighted by molar-refractivity contribution is 5.91. The summed E-state index contributed by atoms with van der Waals surface area (Å²) >= 11 is 0. The molecule has 5 nitrogen and oxygen atoms in total. The Hall–Kier alpha value is -2.17. The van der Waals surface area contributed by atoms with Gasteiger partial charge in [0.2, 0.25) is 0 Å². The Labute approximate surface area is 97.7 Å². The van der Waals surface area contributed by atoms with Gasteiger partial charge in [-0.1, -0.05) is 0 Å². The van der Waals surface area contributed by atoms with Gasteiger partial charge in [0.15, 0.2) is 0 Å². The van der Waals surface area contributed by atoms with Crippen LogP contribution in [0.5, 0.6) is 0 Å². The number of pyridine rings is 1. The van der Waals surface area contributed by atoms with E-state index in [0.717, 1.165) is 5.69 Å². The van der Waals surface area contributed by atoms with E-state index in [9.17, 15) is 4.79 Å². The number of hydrogen-bond acceptors (Lipinski definition) is 3. The standard InChI is InChI=1S/C12H11N3O2/c16-12(17)9-3-5-13-7-11(9)15-6-4-10(14-15)8-1-2-8/h3-8H,1-2H2,(H,16,17). The zero-order valence-electron chi connectivity index (χ0n) is 9.08. The van der Waals surface area contributed by atoms with Crippen molar-refractivity contribution in [3.63, 3.8) is 0 Å². The second-order valence-electron chi connectivity index (χ2n) is 4.16. The summed E-state index contributed by atoms with van der Waals surface area (Å²) in [5, 5.41) is 13.5. The highest BCUT2D eigenvalue weighted by Gasteiger charge is 2.26. The Morgan fingerprint density at radius 2 is 2.24 bits per heavy atom. The number of aromatic carboxylic acids is 1. The first-order valence-corrected chi connectivity index (χ1v) is 5.49. The normalized spacial score (nSPS) is 14.8. The Bertz CT molecular complexity index is 573.